The summed E-state index contributed by atoms with van der Waals surface area (Å²) in [4.78, 5) is 11.4. The lowest BCUT2D eigenvalue weighted by molar-refractivity contribution is 0.545. The van der Waals surface area contributed by atoms with Crippen molar-refractivity contribution in [2.75, 3.05) is 29.9 Å². The van der Waals surface area contributed by atoms with Crippen LogP contribution in [0.25, 0.3) is 0 Å². The van der Waals surface area contributed by atoms with Gasteiger partial charge in [0.15, 0.2) is 0 Å². The summed E-state index contributed by atoms with van der Waals surface area (Å²) in [6, 6.07) is 0. The molecule has 0 aromatic carbocycles. The number of aromatic nitrogens is 2. The zero-order chi connectivity index (χ0) is 14.3. The van der Waals surface area contributed by atoms with Gasteiger partial charge in [-0.15, -0.1) is 0 Å². The van der Waals surface area contributed by atoms with Crippen molar-refractivity contribution in [3.8, 4) is 0 Å². The van der Waals surface area contributed by atoms with E-state index in [9.17, 15) is 0 Å². The summed E-state index contributed by atoms with van der Waals surface area (Å²) >= 11 is 0. The third kappa shape index (κ3) is 4.69. The summed E-state index contributed by atoms with van der Waals surface area (Å²) in [6.45, 7) is 13.9. The summed E-state index contributed by atoms with van der Waals surface area (Å²) in [7, 11) is 0. The minimum absolute atomic E-state index is 0.682. The van der Waals surface area contributed by atoms with Crippen LogP contribution in [0.15, 0.2) is 6.20 Å². The summed E-state index contributed by atoms with van der Waals surface area (Å²) in [5.74, 6) is 2.49. The van der Waals surface area contributed by atoms with E-state index in [1.807, 2.05) is 6.20 Å². The zero-order valence-electron chi connectivity index (χ0n) is 13.0. The molecule has 1 rings (SSSR count). The van der Waals surface area contributed by atoms with Crippen molar-refractivity contribution in [3.63, 3.8) is 0 Å². The zero-order valence-corrected chi connectivity index (χ0v) is 13.0. The quantitative estimate of drug-likeness (QED) is 0.780. The predicted molar refractivity (Wildman–Crippen MR) is 82.9 cm³/mol. The monoisotopic (exact) mass is 264 g/mol. The van der Waals surface area contributed by atoms with Crippen molar-refractivity contribution >= 4 is 11.8 Å². The van der Waals surface area contributed by atoms with E-state index in [1.165, 1.54) is 6.42 Å². The highest BCUT2D eigenvalue weighted by atomic mass is 15.2. The van der Waals surface area contributed by atoms with Gasteiger partial charge in [-0.2, -0.15) is 4.98 Å². The molecule has 0 fully saturated rings. The fraction of sp³-hybridized carbons (Fsp3) is 0.733. The maximum Gasteiger partial charge on any atom is 0.224 e. The van der Waals surface area contributed by atoms with Gasteiger partial charge in [-0.05, 0) is 26.2 Å². The average molecular weight is 264 g/mol. The Morgan fingerprint density at radius 1 is 1.32 bits per heavy atom. The predicted octanol–water partition coefficient (Wildman–Crippen LogP) is 3.48. The van der Waals surface area contributed by atoms with E-state index < -0.39 is 0 Å². The van der Waals surface area contributed by atoms with Crippen LogP contribution in [0.5, 0.6) is 0 Å². The Balaban J connectivity index is 2.88. The standard InChI is InChI=1S/C15H28N4/c1-6-9-16-15-17-10-13(5)14(18-15)19(8-3)11-12(4)7-2/h10,12H,6-9,11H2,1-5H3,(H,16,17,18). The van der Waals surface area contributed by atoms with Crippen LogP contribution in [-0.4, -0.2) is 29.6 Å². The van der Waals surface area contributed by atoms with E-state index in [0.717, 1.165) is 43.4 Å². The number of hydrogen-bond acceptors (Lipinski definition) is 4. The van der Waals surface area contributed by atoms with Crippen LogP contribution in [0.2, 0.25) is 0 Å². The molecule has 1 heterocycles. The molecule has 4 nitrogen and oxygen atoms in total. The second kappa shape index (κ2) is 7.97. The van der Waals surface area contributed by atoms with Crippen LogP contribution in [-0.2, 0) is 0 Å². The van der Waals surface area contributed by atoms with Crippen molar-refractivity contribution < 1.29 is 0 Å². The summed E-state index contributed by atoms with van der Waals surface area (Å²) in [5.41, 5.74) is 1.15. The molecule has 0 bridgehead atoms. The Kier molecular flexibility index (Phi) is 6.60. The molecule has 1 aromatic heterocycles. The molecule has 0 saturated heterocycles. The molecule has 0 radical (unpaired) electrons. The largest absolute Gasteiger partial charge is 0.356 e. The van der Waals surface area contributed by atoms with Gasteiger partial charge < -0.3 is 10.2 Å². The lowest BCUT2D eigenvalue weighted by atomic mass is 10.1. The van der Waals surface area contributed by atoms with Crippen LogP contribution in [0.1, 0.15) is 46.1 Å². The van der Waals surface area contributed by atoms with Gasteiger partial charge in [-0.1, -0.05) is 27.2 Å². The van der Waals surface area contributed by atoms with Crippen LogP contribution in [0.4, 0.5) is 11.8 Å². The van der Waals surface area contributed by atoms with Crippen molar-refractivity contribution in [2.24, 2.45) is 5.92 Å². The number of nitrogens with zero attached hydrogens (tertiary/aromatic N) is 3. The SMILES string of the molecule is CCCNc1ncc(C)c(N(CC)CC(C)CC)n1. The molecule has 0 aliphatic carbocycles. The molecule has 19 heavy (non-hydrogen) atoms. The molecule has 1 aromatic rings. The molecule has 1 unspecified atom stereocenters. The topological polar surface area (TPSA) is 41.1 Å². The second-order valence-electron chi connectivity index (χ2n) is 5.18. The van der Waals surface area contributed by atoms with Crippen LogP contribution in [0.3, 0.4) is 0 Å². The first kappa shape index (κ1) is 15.7. The van der Waals surface area contributed by atoms with E-state index >= 15 is 0 Å². The fourth-order valence-corrected chi connectivity index (χ4v) is 1.95. The van der Waals surface area contributed by atoms with E-state index in [4.69, 9.17) is 0 Å². The second-order valence-corrected chi connectivity index (χ2v) is 5.18. The van der Waals surface area contributed by atoms with E-state index in [0.29, 0.717) is 5.92 Å². The average Bonchev–Trinajstić information content (AvgIpc) is 2.43. The first-order valence-electron chi connectivity index (χ1n) is 7.44. The van der Waals surface area contributed by atoms with Crippen molar-refractivity contribution in [2.45, 2.75) is 47.5 Å². The molecule has 1 atom stereocenters. The Bertz CT molecular complexity index is 378. The molecular weight excluding hydrogens is 236 g/mol. The third-order valence-electron chi connectivity index (χ3n) is 3.39. The Morgan fingerprint density at radius 3 is 2.63 bits per heavy atom. The Labute approximate surface area is 117 Å². The Morgan fingerprint density at radius 2 is 2.05 bits per heavy atom. The van der Waals surface area contributed by atoms with Gasteiger partial charge in [0.2, 0.25) is 5.95 Å². The minimum Gasteiger partial charge on any atom is -0.356 e. The molecule has 0 aliphatic rings. The van der Waals surface area contributed by atoms with Gasteiger partial charge in [0, 0.05) is 31.4 Å². The maximum atomic E-state index is 4.67. The van der Waals surface area contributed by atoms with Crippen LogP contribution in [0, 0.1) is 12.8 Å². The van der Waals surface area contributed by atoms with Crippen molar-refractivity contribution in [3.05, 3.63) is 11.8 Å². The van der Waals surface area contributed by atoms with Crippen LogP contribution < -0.4 is 10.2 Å². The van der Waals surface area contributed by atoms with Crippen LogP contribution >= 0.6 is 0 Å². The number of nitrogens with one attached hydrogen (secondary N) is 1. The summed E-state index contributed by atoms with van der Waals surface area (Å²) < 4.78 is 0. The fourth-order valence-electron chi connectivity index (χ4n) is 1.95. The summed E-state index contributed by atoms with van der Waals surface area (Å²) in [6.07, 6.45) is 4.19. The normalized spacial score (nSPS) is 12.3. The highest BCUT2D eigenvalue weighted by molar-refractivity contribution is 5.48. The van der Waals surface area contributed by atoms with E-state index in [1.54, 1.807) is 0 Å². The maximum absolute atomic E-state index is 4.67. The molecule has 0 amide bonds. The first-order valence-corrected chi connectivity index (χ1v) is 7.44. The lowest BCUT2D eigenvalue weighted by Gasteiger charge is -2.26. The smallest absolute Gasteiger partial charge is 0.224 e. The van der Waals surface area contributed by atoms with Gasteiger partial charge in [0.05, 0.1) is 0 Å². The lowest BCUT2D eigenvalue weighted by Crippen LogP contribution is -2.30. The number of anilines is 2. The van der Waals surface area contributed by atoms with Crippen molar-refractivity contribution in [1.82, 2.24) is 9.97 Å². The number of rotatable bonds is 8. The van der Waals surface area contributed by atoms with E-state index in [-0.39, 0.29) is 0 Å². The number of aryl methyl sites for hydroxylation is 1. The molecular formula is C15H28N4. The summed E-state index contributed by atoms with van der Waals surface area (Å²) in [5, 5.41) is 3.26. The van der Waals surface area contributed by atoms with Gasteiger partial charge in [0.25, 0.3) is 0 Å². The molecule has 4 heteroatoms. The van der Waals surface area contributed by atoms with E-state index in [2.05, 4.69) is 54.8 Å². The highest BCUT2D eigenvalue weighted by Crippen LogP contribution is 2.19. The highest BCUT2D eigenvalue weighted by Gasteiger charge is 2.13. The van der Waals surface area contributed by atoms with Gasteiger partial charge in [0.1, 0.15) is 5.82 Å². The molecule has 108 valence electrons. The van der Waals surface area contributed by atoms with Crippen molar-refractivity contribution in [1.29, 1.82) is 0 Å². The Hall–Kier alpha value is -1.32. The van der Waals surface area contributed by atoms with Gasteiger partial charge in [-0.3, -0.25) is 0 Å². The minimum atomic E-state index is 0.682. The number of hydrogen-bond donors (Lipinski definition) is 1. The van der Waals surface area contributed by atoms with Gasteiger partial charge in [-0.25, -0.2) is 4.98 Å². The molecule has 0 aliphatic heterocycles. The third-order valence-corrected chi connectivity index (χ3v) is 3.39. The van der Waals surface area contributed by atoms with Gasteiger partial charge >= 0.3 is 0 Å². The molecule has 0 saturated carbocycles. The molecule has 1 N–H and O–H groups in total. The molecule has 0 spiro atoms. The first-order chi connectivity index (χ1) is 9.12.